The molecule has 0 atom stereocenters. The Bertz CT molecular complexity index is 932. The van der Waals surface area contributed by atoms with E-state index in [1.807, 2.05) is 30.3 Å². The first-order chi connectivity index (χ1) is 13.6. The summed E-state index contributed by atoms with van der Waals surface area (Å²) in [6, 6.07) is 19.8. The second-order valence-corrected chi connectivity index (χ2v) is 6.61. The minimum atomic E-state index is -0.150. The maximum absolute atomic E-state index is 12.1. The highest BCUT2D eigenvalue weighted by Gasteiger charge is 2.11. The van der Waals surface area contributed by atoms with Crippen molar-refractivity contribution < 1.29 is 14.3 Å². The van der Waals surface area contributed by atoms with Crippen LogP contribution in [0, 0.1) is 13.8 Å². The smallest absolute Gasteiger partial charge is 0.257 e. The van der Waals surface area contributed by atoms with Crippen LogP contribution in [0.5, 0.6) is 11.5 Å². The highest BCUT2D eigenvalue weighted by molar-refractivity contribution is 5.77. The summed E-state index contributed by atoms with van der Waals surface area (Å²) in [7, 11) is 1.58. The Hall–Kier alpha value is -3.21. The van der Waals surface area contributed by atoms with E-state index in [0.717, 1.165) is 12.1 Å². The largest absolute Gasteiger partial charge is 0.493 e. The Morgan fingerprint density at radius 3 is 2.39 bits per heavy atom. The zero-order valence-corrected chi connectivity index (χ0v) is 16.6. The number of carbonyl (C=O) groups is 1. The van der Waals surface area contributed by atoms with Gasteiger partial charge >= 0.3 is 0 Å². The predicted octanol–water partition coefficient (Wildman–Crippen LogP) is 3.84. The molecule has 1 N–H and O–H groups in total. The summed E-state index contributed by atoms with van der Waals surface area (Å²) in [5.41, 5.74) is 4.76. The molecule has 1 heterocycles. The van der Waals surface area contributed by atoms with Crippen LogP contribution in [0.25, 0.3) is 5.69 Å². The number of aryl methyl sites for hydroxylation is 1. The number of amides is 1. The molecule has 5 heteroatoms. The Morgan fingerprint density at radius 1 is 1.00 bits per heavy atom. The Balaban J connectivity index is 1.53. The Kier molecular flexibility index (Phi) is 6.37. The van der Waals surface area contributed by atoms with Crippen molar-refractivity contribution in [3.8, 4) is 17.2 Å². The van der Waals surface area contributed by atoms with Crippen LogP contribution in [0.3, 0.4) is 0 Å². The minimum absolute atomic E-state index is 0.0383. The summed E-state index contributed by atoms with van der Waals surface area (Å²) in [6.07, 6.45) is 0.771. The molecule has 1 amide bonds. The normalized spacial score (nSPS) is 10.5. The van der Waals surface area contributed by atoms with Crippen LogP contribution >= 0.6 is 0 Å². The van der Waals surface area contributed by atoms with Crippen molar-refractivity contribution in [3.05, 3.63) is 77.6 Å². The average molecular weight is 378 g/mol. The highest BCUT2D eigenvalue weighted by Crippen LogP contribution is 2.25. The van der Waals surface area contributed by atoms with E-state index in [0.29, 0.717) is 18.0 Å². The van der Waals surface area contributed by atoms with Gasteiger partial charge in [-0.1, -0.05) is 30.3 Å². The fraction of sp³-hybridized carbons (Fsp3) is 0.261. The van der Waals surface area contributed by atoms with Crippen LogP contribution in [-0.2, 0) is 11.2 Å². The number of nitrogens with zero attached hydrogens (tertiary/aromatic N) is 1. The van der Waals surface area contributed by atoms with E-state index in [2.05, 4.69) is 41.9 Å². The van der Waals surface area contributed by atoms with Gasteiger partial charge in [-0.3, -0.25) is 4.79 Å². The fourth-order valence-electron chi connectivity index (χ4n) is 3.33. The molecule has 2 aromatic carbocycles. The molecule has 0 aliphatic rings. The molecule has 0 saturated carbocycles. The van der Waals surface area contributed by atoms with Gasteiger partial charge in [-0.05, 0) is 56.2 Å². The van der Waals surface area contributed by atoms with Gasteiger partial charge in [0.05, 0.1) is 7.11 Å². The van der Waals surface area contributed by atoms with Gasteiger partial charge in [-0.25, -0.2) is 0 Å². The lowest BCUT2D eigenvalue weighted by molar-refractivity contribution is -0.123. The number of benzene rings is 2. The number of aromatic nitrogens is 1. The first kappa shape index (κ1) is 19.5. The topological polar surface area (TPSA) is 52.5 Å². The van der Waals surface area contributed by atoms with E-state index >= 15 is 0 Å². The van der Waals surface area contributed by atoms with Gasteiger partial charge in [0.1, 0.15) is 0 Å². The molecule has 0 unspecified atom stereocenters. The maximum atomic E-state index is 12.1. The van der Waals surface area contributed by atoms with Gasteiger partial charge < -0.3 is 19.4 Å². The summed E-state index contributed by atoms with van der Waals surface area (Å²) >= 11 is 0. The number of ether oxygens (including phenoxy) is 2. The zero-order valence-electron chi connectivity index (χ0n) is 16.6. The van der Waals surface area contributed by atoms with Crippen molar-refractivity contribution in [2.24, 2.45) is 0 Å². The number of nitrogens with one attached hydrogen (secondary N) is 1. The molecule has 0 radical (unpaired) electrons. The van der Waals surface area contributed by atoms with Crippen molar-refractivity contribution in [1.29, 1.82) is 0 Å². The van der Waals surface area contributed by atoms with E-state index in [9.17, 15) is 4.79 Å². The van der Waals surface area contributed by atoms with E-state index in [-0.39, 0.29) is 12.5 Å². The molecule has 1 aromatic heterocycles. The molecule has 3 aromatic rings. The number of hydrogen-bond acceptors (Lipinski definition) is 3. The van der Waals surface area contributed by atoms with Crippen LogP contribution in [0.4, 0.5) is 0 Å². The monoisotopic (exact) mass is 378 g/mol. The molecule has 5 nitrogen and oxygen atoms in total. The van der Waals surface area contributed by atoms with Crippen molar-refractivity contribution in [1.82, 2.24) is 9.88 Å². The molecule has 0 aliphatic heterocycles. The van der Waals surface area contributed by atoms with E-state index in [1.165, 1.54) is 17.0 Å². The third-order valence-corrected chi connectivity index (χ3v) is 4.69. The van der Waals surface area contributed by atoms with Gasteiger partial charge in [0, 0.05) is 23.6 Å². The van der Waals surface area contributed by atoms with Gasteiger partial charge in [-0.15, -0.1) is 0 Å². The van der Waals surface area contributed by atoms with Crippen LogP contribution in [0.2, 0.25) is 0 Å². The van der Waals surface area contributed by atoms with Crippen molar-refractivity contribution in [2.75, 3.05) is 20.3 Å². The first-order valence-electron chi connectivity index (χ1n) is 9.36. The van der Waals surface area contributed by atoms with E-state index in [1.54, 1.807) is 19.2 Å². The molecule has 0 fully saturated rings. The van der Waals surface area contributed by atoms with Crippen LogP contribution in [0.1, 0.15) is 17.0 Å². The molecule has 0 spiro atoms. The third-order valence-electron chi connectivity index (χ3n) is 4.69. The van der Waals surface area contributed by atoms with Gasteiger partial charge in [-0.2, -0.15) is 0 Å². The minimum Gasteiger partial charge on any atom is -0.493 e. The van der Waals surface area contributed by atoms with Gasteiger partial charge in [0.2, 0.25) is 0 Å². The zero-order chi connectivity index (χ0) is 19.9. The Morgan fingerprint density at radius 2 is 1.68 bits per heavy atom. The second kappa shape index (κ2) is 9.13. The average Bonchev–Trinajstić information content (AvgIpc) is 3.00. The molecule has 0 bridgehead atoms. The molecule has 0 saturated heterocycles. The lowest BCUT2D eigenvalue weighted by Gasteiger charge is -2.11. The molecule has 146 valence electrons. The highest BCUT2D eigenvalue weighted by atomic mass is 16.5. The van der Waals surface area contributed by atoms with Crippen molar-refractivity contribution in [3.63, 3.8) is 0 Å². The molecule has 28 heavy (non-hydrogen) atoms. The lowest BCUT2D eigenvalue weighted by atomic mass is 10.2. The summed E-state index contributed by atoms with van der Waals surface area (Å²) < 4.78 is 13.0. The summed E-state index contributed by atoms with van der Waals surface area (Å²) in [4.78, 5) is 12.1. The number of rotatable bonds is 8. The SMILES string of the molecule is COc1ccccc1OCC(=O)NCCc1cc(C)n(-c2ccccc2)c1C. The quantitative estimate of drug-likeness (QED) is 0.648. The van der Waals surface area contributed by atoms with Crippen molar-refractivity contribution >= 4 is 5.91 Å². The number of methoxy groups -OCH3 is 1. The van der Waals surface area contributed by atoms with E-state index in [4.69, 9.17) is 9.47 Å². The van der Waals surface area contributed by atoms with Crippen LogP contribution in [0.15, 0.2) is 60.7 Å². The number of hydrogen-bond donors (Lipinski definition) is 1. The third kappa shape index (κ3) is 4.55. The molecule has 3 rings (SSSR count). The predicted molar refractivity (Wildman–Crippen MR) is 110 cm³/mol. The van der Waals surface area contributed by atoms with Crippen LogP contribution < -0.4 is 14.8 Å². The molecule has 0 aliphatic carbocycles. The summed E-state index contributed by atoms with van der Waals surface area (Å²) in [5.74, 6) is 1.03. The molecular formula is C23H26N2O3. The lowest BCUT2D eigenvalue weighted by Crippen LogP contribution is -2.30. The summed E-state index contributed by atoms with van der Waals surface area (Å²) in [5, 5.41) is 2.92. The van der Waals surface area contributed by atoms with Crippen LogP contribution in [-0.4, -0.2) is 30.7 Å². The Labute approximate surface area is 165 Å². The van der Waals surface area contributed by atoms with E-state index < -0.39 is 0 Å². The fourth-order valence-corrected chi connectivity index (χ4v) is 3.33. The van der Waals surface area contributed by atoms with Crippen molar-refractivity contribution in [2.45, 2.75) is 20.3 Å². The second-order valence-electron chi connectivity index (χ2n) is 6.61. The van der Waals surface area contributed by atoms with Gasteiger partial charge in [0.15, 0.2) is 18.1 Å². The number of para-hydroxylation sites is 3. The maximum Gasteiger partial charge on any atom is 0.257 e. The summed E-state index contributed by atoms with van der Waals surface area (Å²) in [6.45, 7) is 4.74. The standard InChI is InChI=1S/C23H26N2O3/c1-17-15-19(18(2)25(17)20-9-5-4-6-10-20)13-14-24-23(26)16-28-22-12-8-7-11-21(22)27-3/h4-12,15H,13-14,16H2,1-3H3,(H,24,26). The van der Waals surface area contributed by atoms with Gasteiger partial charge in [0.25, 0.3) is 5.91 Å². The first-order valence-corrected chi connectivity index (χ1v) is 9.36. The molecular weight excluding hydrogens is 352 g/mol. The number of carbonyl (C=O) groups excluding carboxylic acids is 1.